The molecule has 2 heteroatoms. The maximum atomic E-state index is 5.89. The van der Waals surface area contributed by atoms with E-state index in [1.807, 2.05) is 0 Å². The van der Waals surface area contributed by atoms with Crippen molar-refractivity contribution in [2.75, 3.05) is 13.1 Å². The summed E-state index contributed by atoms with van der Waals surface area (Å²) < 4.78 is 0. The molecule has 1 unspecified atom stereocenters. The lowest BCUT2D eigenvalue weighted by Crippen LogP contribution is -2.53. The van der Waals surface area contributed by atoms with Gasteiger partial charge in [0, 0.05) is 12.1 Å². The molecule has 0 aliphatic heterocycles. The number of nitrogens with two attached hydrogens (primary N) is 1. The summed E-state index contributed by atoms with van der Waals surface area (Å²) in [4.78, 5) is 0. The standard InChI is InChI=1S/C12H24N2/c1-3-5-6-9-14-12(4-2,10-13)11-7-8-11/h3,5,11,14H,4,6-10,13H2,1-2H3/b5-3+. The average molecular weight is 196 g/mol. The van der Waals surface area contributed by atoms with Crippen molar-refractivity contribution in [3.05, 3.63) is 12.2 Å². The molecule has 1 aliphatic carbocycles. The van der Waals surface area contributed by atoms with E-state index < -0.39 is 0 Å². The molecule has 0 radical (unpaired) electrons. The van der Waals surface area contributed by atoms with E-state index in [2.05, 4.69) is 31.3 Å². The Bertz CT molecular complexity index is 179. The lowest BCUT2D eigenvalue weighted by Gasteiger charge is -2.33. The van der Waals surface area contributed by atoms with Crippen LogP contribution in [0.5, 0.6) is 0 Å². The third kappa shape index (κ3) is 2.82. The molecule has 1 rings (SSSR count). The van der Waals surface area contributed by atoms with E-state index in [0.717, 1.165) is 31.8 Å². The fraction of sp³-hybridized carbons (Fsp3) is 0.833. The Kier molecular flexibility index (Phi) is 4.63. The smallest absolute Gasteiger partial charge is 0.0329 e. The highest BCUT2D eigenvalue weighted by atomic mass is 15.0. The second kappa shape index (κ2) is 5.52. The fourth-order valence-corrected chi connectivity index (χ4v) is 2.15. The first-order valence-electron chi connectivity index (χ1n) is 5.85. The highest BCUT2D eigenvalue weighted by molar-refractivity contribution is 5.01. The van der Waals surface area contributed by atoms with Crippen molar-refractivity contribution in [1.29, 1.82) is 0 Å². The molecule has 14 heavy (non-hydrogen) atoms. The van der Waals surface area contributed by atoms with Gasteiger partial charge in [-0.05, 0) is 45.1 Å². The molecular weight excluding hydrogens is 172 g/mol. The second-order valence-corrected chi connectivity index (χ2v) is 4.27. The van der Waals surface area contributed by atoms with Crippen molar-refractivity contribution in [1.82, 2.24) is 5.32 Å². The molecule has 3 N–H and O–H groups in total. The molecule has 0 heterocycles. The van der Waals surface area contributed by atoms with Gasteiger partial charge in [0.1, 0.15) is 0 Å². The highest BCUT2D eigenvalue weighted by Gasteiger charge is 2.42. The molecule has 0 aromatic rings. The molecular formula is C12H24N2. The molecule has 2 nitrogen and oxygen atoms in total. The Morgan fingerprint density at radius 2 is 2.21 bits per heavy atom. The molecule has 0 amide bonds. The molecule has 0 bridgehead atoms. The topological polar surface area (TPSA) is 38.0 Å². The Morgan fingerprint density at radius 3 is 2.64 bits per heavy atom. The first kappa shape index (κ1) is 11.7. The van der Waals surface area contributed by atoms with Crippen molar-refractivity contribution < 1.29 is 0 Å². The number of allylic oxidation sites excluding steroid dienone is 1. The van der Waals surface area contributed by atoms with Crippen LogP contribution in [0.4, 0.5) is 0 Å². The van der Waals surface area contributed by atoms with E-state index in [1.165, 1.54) is 12.8 Å². The molecule has 0 aromatic carbocycles. The summed E-state index contributed by atoms with van der Waals surface area (Å²) in [6.45, 7) is 6.15. The summed E-state index contributed by atoms with van der Waals surface area (Å²) in [6.07, 6.45) is 9.31. The monoisotopic (exact) mass is 196 g/mol. The second-order valence-electron chi connectivity index (χ2n) is 4.27. The number of hydrogen-bond acceptors (Lipinski definition) is 2. The summed E-state index contributed by atoms with van der Waals surface area (Å²) in [7, 11) is 0. The Balaban J connectivity index is 2.34. The van der Waals surface area contributed by atoms with Crippen LogP contribution in [0.3, 0.4) is 0 Å². The van der Waals surface area contributed by atoms with Crippen LogP contribution in [0.1, 0.15) is 39.5 Å². The summed E-state index contributed by atoms with van der Waals surface area (Å²) >= 11 is 0. The molecule has 1 aliphatic rings. The van der Waals surface area contributed by atoms with Gasteiger partial charge in [-0.2, -0.15) is 0 Å². The van der Waals surface area contributed by atoms with E-state index in [0.29, 0.717) is 0 Å². The Labute approximate surface area is 87.9 Å². The van der Waals surface area contributed by atoms with Gasteiger partial charge in [0.2, 0.25) is 0 Å². The summed E-state index contributed by atoms with van der Waals surface area (Å²) in [5, 5.41) is 3.65. The third-order valence-corrected chi connectivity index (χ3v) is 3.38. The third-order valence-electron chi connectivity index (χ3n) is 3.38. The van der Waals surface area contributed by atoms with Crippen molar-refractivity contribution >= 4 is 0 Å². The van der Waals surface area contributed by atoms with Crippen LogP contribution in [0.2, 0.25) is 0 Å². The van der Waals surface area contributed by atoms with E-state index in [1.54, 1.807) is 0 Å². The van der Waals surface area contributed by atoms with Crippen molar-refractivity contribution in [2.24, 2.45) is 11.7 Å². The lowest BCUT2D eigenvalue weighted by atomic mass is 9.90. The summed E-state index contributed by atoms with van der Waals surface area (Å²) in [5.74, 6) is 0.836. The lowest BCUT2D eigenvalue weighted by molar-refractivity contribution is 0.282. The Hall–Kier alpha value is -0.340. The number of hydrogen-bond donors (Lipinski definition) is 2. The van der Waals surface area contributed by atoms with Gasteiger partial charge >= 0.3 is 0 Å². The van der Waals surface area contributed by atoms with Crippen LogP contribution in [0.25, 0.3) is 0 Å². The molecule has 0 spiro atoms. The van der Waals surface area contributed by atoms with Gasteiger partial charge in [-0.3, -0.25) is 0 Å². The zero-order chi connectivity index (χ0) is 10.4. The van der Waals surface area contributed by atoms with Gasteiger partial charge in [-0.25, -0.2) is 0 Å². The average Bonchev–Trinajstić information content (AvgIpc) is 3.03. The highest BCUT2D eigenvalue weighted by Crippen LogP contribution is 2.40. The predicted octanol–water partition coefficient (Wildman–Crippen LogP) is 2.06. The number of nitrogens with one attached hydrogen (secondary N) is 1. The van der Waals surface area contributed by atoms with E-state index >= 15 is 0 Å². The van der Waals surface area contributed by atoms with E-state index in [4.69, 9.17) is 5.73 Å². The SMILES string of the molecule is C/C=C/CCNC(CC)(CN)C1CC1. The molecule has 0 saturated heterocycles. The van der Waals surface area contributed by atoms with Crippen LogP contribution in [-0.2, 0) is 0 Å². The van der Waals surface area contributed by atoms with Gasteiger partial charge in [0.15, 0.2) is 0 Å². The quantitative estimate of drug-likeness (QED) is 0.483. The largest absolute Gasteiger partial charge is 0.329 e. The molecule has 82 valence electrons. The van der Waals surface area contributed by atoms with Crippen LogP contribution in [-0.4, -0.2) is 18.6 Å². The van der Waals surface area contributed by atoms with Crippen LogP contribution in [0.15, 0.2) is 12.2 Å². The van der Waals surface area contributed by atoms with Gasteiger partial charge in [-0.1, -0.05) is 19.1 Å². The van der Waals surface area contributed by atoms with Crippen LogP contribution < -0.4 is 11.1 Å². The normalized spacial score (nSPS) is 21.4. The predicted molar refractivity (Wildman–Crippen MR) is 62.2 cm³/mol. The zero-order valence-electron chi connectivity index (χ0n) is 9.55. The molecule has 1 atom stereocenters. The summed E-state index contributed by atoms with van der Waals surface area (Å²) in [6, 6.07) is 0. The van der Waals surface area contributed by atoms with Gasteiger partial charge in [0.25, 0.3) is 0 Å². The van der Waals surface area contributed by atoms with Crippen molar-refractivity contribution in [3.8, 4) is 0 Å². The summed E-state index contributed by atoms with van der Waals surface area (Å²) in [5.41, 5.74) is 6.13. The van der Waals surface area contributed by atoms with Crippen LogP contribution >= 0.6 is 0 Å². The minimum absolute atomic E-state index is 0.238. The molecule has 1 fully saturated rings. The minimum atomic E-state index is 0.238. The van der Waals surface area contributed by atoms with E-state index in [9.17, 15) is 0 Å². The molecule has 0 aromatic heterocycles. The minimum Gasteiger partial charge on any atom is -0.329 e. The van der Waals surface area contributed by atoms with Crippen molar-refractivity contribution in [3.63, 3.8) is 0 Å². The van der Waals surface area contributed by atoms with E-state index in [-0.39, 0.29) is 5.54 Å². The fourth-order valence-electron chi connectivity index (χ4n) is 2.15. The maximum Gasteiger partial charge on any atom is 0.0329 e. The van der Waals surface area contributed by atoms with Gasteiger partial charge < -0.3 is 11.1 Å². The van der Waals surface area contributed by atoms with Crippen molar-refractivity contribution in [2.45, 2.75) is 45.1 Å². The zero-order valence-corrected chi connectivity index (χ0v) is 9.55. The van der Waals surface area contributed by atoms with Crippen LogP contribution in [0, 0.1) is 5.92 Å². The number of rotatable bonds is 7. The Morgan fingerprint density at radius 1 is 1.50 bits per heavy atom. The molecule has 1 saturated carbocycles. The van der Waals surface area contributed by atoms with Gasteiger partial charge in [-0.15, -0.1) is 0 Å². The first-order chi connectivity index (χ1) is 6.79. The maximum absolute atomic E-state index is 5.89. The van der Waals surface area contributed by atoms with Gasteiger partial charge in [0.05, 0.1) is 0 Å². The first-order valence-corrected chi connectivity index (χ1v) is 5.85.